The third kappa shape index (κ3) is 1.02. The Kier molecular flexibility index (Phi) is 3.13. The second-order valence-corrected chi connectivity index (χ2v) is 7.42. The molecule has 0 atom stereocenters. The molecule has 14 heavy (non-hydrogen) atoms. The van der Waals surface area contributed by atoms with Gasteiger partial charge in [0.25, 0.3) is 0 Å². The second-order valence-electron chi connectivity index (χ2n) is 1.80. The molecule has 0 unspecified atom stereocenters. The fourth-order valence-corrected chi connectivity index (χ4v) is 1.09. The van der Waals surface area contributed by atoms with Gasteiger partial charge in [-0.3, -0.25) is 0 Å². The van der Waals surface area contributed by atoms with E-state index in [4.69, 9.17) is 31.6 Å². The minimum absolute atomic E-state index is 0. The maximum atomic E-state index is 8.58. The van der Waals surface area contributed by atoms with Gasteiger partial charge in [-0.1, -0.05) is 0 Å². The van der Waals surface area contributed by atoms with Crippen LogP contribution >= 0.6 is 0 Å². The molecule has 0 spiro atoms. The number of hydrogen-bond donors (Lipinski definition) is 0. The van der Waals surface area contributed by atoms with E-state index in [0.29, 0.717) is 0 Å². The fourth-order valence-electron chi connectivity index (χ4n) is 0.265. The quantitative estimate of drug-likeness (QED) is 0.571. The van der Waals surface area contributed by atoms with Gasteiger partial charge in [0, 0.05) is 0 Å². The fraction of sp³-hybridized carbons (Fsp3) is 0. The van der Waals surface area contributed by atoms with Crippen molar-refractivity contribution in [1.82, 2.24) is 0 Å². The van der Waals surface area contributed by atoms with E-state index in [-0.39, 0.29) is 16.8 Å². The van der Waals surface area contributed by atoms with Crippen molar-refractivity contribution >= 4 is 0 Å². The van der Waals surface area contributed by atoms with Crippen molar-refractivity contribution in [3.63, 3.8) is 0 Å². The first-order valence-corrected chi connectivity index (χ1v) is 5.71. The Labute approximate surface area is 88.9 Å². The molecule has 0 aliphatic rings. The van der Waals surface area contributed by atoms with E-state index in [0.717, 1.165) is 29.8 Å². The van der Waals surface area contributed by atoms with Gasteiger partial charge in [-0.15, -0.1) is 0 Å². The number of nitriles is 6. The zero-order valence-electron chi connectivity index (χ0n) is 6.37. The molecule has 0 aliphatic carbocycles. The van der Waals surface area contributed by atoms with Crippen LogP contribution in [0, 0.1) is 61.4 Å². The van der Waals surface area contributed by atoms with Crippen LogP contribution in [0.1, 0.15) is 0 Å². The Balaban J connectivity index is 0. The molecule has 8 heteroatoms. The van der Waals surface area contributed by atoms with Gasteiger partial charge >= 0.3 is 88.9 Å². The average molecular weight is 271 g/mol. The largest absolute Gasteiger partial charge is 2.00 e. The number of nitrogens with zero attached hydrogens (tertiary/aromatic N) is 6. The average Bonchev–Trinajstić information content (AvgIpc) is 2.26. The molecule has 0 rings (SSSR count). The summed E-state index contributed by atoms with van der Waals surface area (Å²) in [5.41, 5.74) is 0. The molecule has 0 heterocycles. The van der Waals surface area contributed by atoms with Gasteiger partial charge in [0.2, 0.25) is 0 Å². The third-order valence-corrected chi connectivity index (χ3v) is 4.89. The van der Waals surface area contributed by atoms with E-state index in [9.17, 15) is 0 Å². The monoisotopic (exact) mass is 271 g/mol. The molecule has 71 valence electrons. The van der Waals surface area contributed by atoms with E-state index in [1.165, 1.54) is 0 Å². The molecular formula is C6CoFeN6. The van der Waals surface area contributed by atoms with Crippen LogP contribution in [0.2, 0.25) is 0 Å². The summed E-state index contributed by atoms with van der Waals surface area (Å²) in [6, 6.07) is 0. The summed E-state index contributed by atoms with van der Waals surface area (Å²) in [4.78, 5) is 6.19. The van der Waals surface area contributed by atoms with Crippen LogP contribution in [0.15, 0.2) is 0 Å². The van der Waals surface area contributed by atoms with Gasteiger partial charge in [0.1, 0.15) is 0 Å². The van der Waals surface area contributed by atoms with E-state index < -0.39 is 10.7 Å². The maximum Gasteiger partial charge on any atom is 2.00 e. The summed E-state index contributed by atoms with van der Waals surface area (Å²) < 4.78 is 0. The molecule has 1 radical (unpaired) electrons. The summed E-state index contributed by atoms with van der Waals surface area (Å²) in [6.45, 7) is 0. The molecule has 0 fully saturated rings. The van der Waals surface area contributed by atoms with Gasteiger partial charge < -0.3 is 0 Å². The third-order valence-electron chi connectivity index (χ3n) is 1.19. The van der Waals surface area contributed by atoms with Gasteiger partial charge in [-0.25, -0.2) is 0 Å². The Bertz CT molecular complexity index is 392. The molecule has 6 nitrogen and oxygen atoms in total. The van der Waals surface area contributed by atoms with E-state index in [1.807, 2.05) is 0 Å². The summed E-state index contributed by atoms with van der Waals surface area (Å²) in [5.74, 6) is 0. The Morgan fingerprint density at radius 3 is 0.643 bits per heavy atom. The summed E-state index contributed by atoms with van der Waals surface area (Å²) >= 11 is 0. The normalized spacial score (nSPS) is 12.4. The van der Waals surface area contributed by atoms with Crippen molar-refractivity contribution in [2.75, 3.05) is 0 Å². The Morgan fingerprint density at radius 1 is 0.500 bits per heavy atom. The molecule has 0 aliphatic heterocycles. The minimum atomic E-state index is -6.17. The molecule has 0 saturated carbocycles. The molecule has 0 aromatic rings. The van der Waals surface area contributed by atoms with Crippen molar-refractivity contribution < 1.29 is 27.5 Å². The van der Waals surface area contributed by atoms with Gasteiger partial charge in [0.05, 0.1) is 0 Å². The first kappa shape index (κ1) is 14.5. The van der Waals surface area contributed by atoms with Crippen molar-refractivity contribution in [3.05, 3.63) is 0 Å². The van der Waals surface area contributed by atoms with Crippen LogP contribution in [0.3, 0.4) is 0 Å². The second kappa shape index (κ2) is 3.03. The van der Waals surface area contributed by atoms with Gasteiger partial charge in [0.15, 0.2) is 0 Å². The molecule has 0 bridgehead atoms. The molecule has 0 amide bonds. The van der Waals surface area contributed by atoms with Crippen molar-refractivity contribution in [3.8, 4) is 29.8 Å². The predicted octanol–water partition coefficient (Wildman–Crippen LogP) is 0.0957. The standard InChI is InChI=1S/6CN.Co.Fe/c6*1-2;;/q;;;;;;+2;-2. The molecule has 0 aromatic carbocycles. The zero-order valence-corrected chi connectivity index (χ0v) is 8.52. The van der Waals surface area contributed by atoms with Crippen LogP contribution in [0.4, 0.5) is 0 Å². The molecule has 0 aromatic heterocycles. The van der Waals surface area contributed by atoms with Crippen LogP contribution < -0.4 is 0 Å². The van der Waals surface area contributed by atoms with E-state index >= 15 is 0 Å². The van der Waals surface area contributed by atoms with Crippen LogP contribution in [0.25, 0.3) is 0 Å². The zero-order chi connectivity index (χ0) is 10.7. The minimum Gasteiger partial charge on any atom is 2.00 e. The first-order chi connectivity index (χ1) is 5.97. The van der Waals surface area contributed by atoms with Crippen LogP contribution in [-0.2, 0) is 27.5 Å². The Hall–Kier alpha value is -2.03. The topological polar surface area (TPSA) is 143 Å². The van der Waals surface area contributed by atoms with Crippen LogP contribution in [-0.4, -0.2) is 0 Å². The molecule has 0 N–H and O–H groups in total. The maximum absolute atomic E-state index is 8.58. The molecule has 0 saturated heterocycles. The summed E-state index contributed by atoms with van der Waals surface area (Å²) in [6.07, 6.45) is 0. The van der Waals surface area contributed by atoms with E-state index in [2.05, 4.69) is 0 Å². The number of rotatable bonds is 0. The molecular weight excluding hydrogens is 271 g/mol. The first-order valence-electron chi connectivity index (χ1n) is 2.40. The van der Waals surface area contributed by atoms with E-state index in [1.54, 1.807) is 0 Å². The Morgan fingerprint density at radius 2 is 0.643 bits per heavy atom. The van der Waals surface area contributed by atoms with Gasteiger partial charge in [-0.05, 0) is 0 Å². The van der Waals surface area contributed by atoms with Crippen LogP contribution in [0.5, 0.6) is 0 Å². The van der Waals surface area contributed by atoms with Crippen molar-refractivity contribution in [2.45, 2.75) is 0 Å². The van der Waals surface area contributed by atoms with Crippen molar-refractivity contribution in [1.29, 1.82) is 31.6 Å². The summed E-state index contributed by atoms with van der Waals surface area (Å²) in [5, 5.41) is 51.5. The van der Waals surface area contributed by atoms with Crippen molar-refractivity contribution in [2.24, 2.45) is 0 Å². The SMILES string of the molecule is N#[C][Fe-2]([C]#N)([C]#N)([C]#N)([C]#N)[C]#N.[Co+2]. The van der Waals surface area contributed by atoms with Gasteiger partial charge in [-0.2, -0.15) is 0 Å². The number of hydrogen-bond acceptors (Lipinski definition) is 6. The summed E-state index contributed by atoms with van der Waals surface area (Å²) in [7, 11) is -6.17. The smallest absolute Gasteiger partial charge is 2.00 e. The predicted molar refractivity (Wildman–Crippen MR) is 33.7 cm³/mol.